The van der Waals surface area contributed by atoms with Crippen molar-refractivity contribution in [2.24, 2.45) is 0 Å². The van der Waals surface area contributed by atoms with Gasteiger partial charge in [0.1, 0.15) is 0 Å². The maximum atomic E-state index is 8.57. The summed E-state index contributed by atoms with van der Waals surface area (Å²) >= 11 is -0.976. The fourth-order valence-corrected chi connectivity index (χ4v) is 0. The van der Waals surface area contributed by atoms with Crippen molar-refractivity contribution in [3.05, 3.63) is 0 Å². The molecule has 0 amide bonds. The van der Waals surface area contributed by atoms with Gasteiger partial charge in [0.05, 0.1) is 0 Å². The van der Waals surface area contributed by atoms with E-state index in [2.05, 4.69) is 20.8 Å². The summed E-state index contributed by atoms with van der Waals surface area (Å²) in [5.41, 5.74) is 0. The Morgan fingerprint density at radius 3 is 1.50 bits per heavy atom. The van der Waals surface area contributed by atoms with E-state index < -0.39 is 21.6 Å². The maximum absolute atomic E-state index is 8.57. The van der Waals surface area contributed by atoms with Gasteiger partial charge in [0.25, 0.3) is 0 Å². The van der Waals surface area contributed by atoms with Crippen molar-refractivity contribution in [2.75, 3.05) is 0 Å². The molecule has 0 saturated carbocycles. The van der Waals surface area contributed by atoms with Gasteiger partial charge in [0.15, 0.2) is 0 Å². The van der Waals surface area contributed by atoms with Crippen molar-refractivity contribution in [2.45, 2.75) is 24.2 Å². The van der Waals surface area contributed by atoms with E-state index >= 15 is 0 Å². The third kappa shape index (κ3) is 4.76. The second kappa shape index (κ2) is 2.17. The first-order chi connectivity index (χ1) is 2.56. The molecule has 0 rings (SSSR count). The molecule has 0 aromatic heterocycles. The molecule has 2 radical (unpaired) electrons. The van der Waals surface area contributed by atoms with Gasteiger partial charge in [0, 0.05) is 0 Å². The average molecular weight is 193 g/mol. The van der Waals surface area contributed by atoms with Crippen LogP contribution in [0.1, 0.15) is 20.8 Å². The topological polar surface area (TPSA) is 20.2 Å². The van der Waals surface area contributed by atoms with E-state index in [4.69, 9.17) is 3.44 Å². The molecule has 0 aliphatic rings. The zero-order valence-electron chi connectivity index (χ0n) is 4.45. The molecule has 0 aliphatic heterocycles. The van der Waals surface area contributed by atoms with Crippen molar-refractivity contribution in [3.8, 4) is 0 Å². The van der Waals surface area contributed by atoms with Crippen LogP contribution in [-0.4, -0.2) is 25.0 Å². The Balaban J connectivity index is 3.17. The van der Waals surface area contributed by atoms with Gasteiger partial charge in [-0.2, -0.15) is 0 Å². The summed E-state index contributed by atoms with van der Waals surface area (Å²) in [6.07, 6.45) is 0. The second-order valence-corrected chi connectivity index (χ2v) is 7.28. The number of hydrogen-bond donors (Lipinski definition) is 1. The quantitative estimate of drug-likeness (QED) is 0.564. The molecule has 2 heteroatoms. The monoisotopic (exact) mass is 194 g/mol. The third-order valence-corrected chi connectivity index (χ3v) is 2.25. The van der Waals surface area contributed by atoms with E-state index in [1.807, 2.05) is 0 Å². The SMILES string of the molecule is C[C](C)(C)[Sn][OH]. The molecular weight excluding hydrogens is 183 g/mol. The van der Waals surface area contributed by atoms with Crippen molar-refractivity contribution >= 4 is 21.6 Å². The molecule has 0 bridgehead atoms. The number of hydrogen-bond acceptors (Lipinski definition) is 1. The summed E-state index contributed by atoms with van der Waals surface area (Å²) in [5.74, 6) is 0. The van der Waals surface area contributed by atoms with Crippen molar-refractivity contribution in [1.82, 2.24) is 0 Å². The van der Waals surface area contributed by atoms with Crippen LogP contribution in [0.3, 0.4) is 0 Å². The first kappa shape index (κ1) is 6.76. The van der Waals surface area contributed by atoms with Crippen LogP contribution in [0.4, 0.5) is 0 Å². The van der Waals surface area contributed by atoms with Gasteiger partial charge in [-0.3, -0.25) is 0 Å². The third-order valence-electron chi connectivity index (χ3n) is 0.335. The Hall–Kier alpha value is 0.759. The van der Waals surface area contributed by atoms with E-state index in [-0.39, 0.29) is 3.43 Å². The van der Waals surface area contributed by atoms with Gasteiger partial charge in [-0.1, -0.05) is 0 Å². The molecular formula is C4H10OSn. The van der Waals surface area contributed by atoms with Crippen molar-refractivity contribution in [3.63, 3.8) is 0 Å². The summed E-state index contributed by atoms with van der Waals surface area (Å²) in [6, 6.07) is 0. The van der Waals surface area contributed by atoms with Gasteiger partial charge in [-0.15, -0.1) is 0 Å². The van der Waals surface area contributed by atoms with E-state index in [0.717, 1.165) is 0 Å². The molecule has 1 N–H and O–H groups in total. The van der Waals surface area contributed by atoms with Gasteiger partial charge in [0.2, 0.25) is 0 Å². The van der Waals surface area contributed by atoms with Crippen LogP contribution < -0.4 is 0 Å². The van der Waals surface area contributed by atoms with Crippen LogP contribution in [-0.2, 0) is 0 Å². The van der Waals surface area contributed by atoms with E-state index in [0.29, 0.717) is 0 Å². The van der Waals surface area contributed by atoms with Gasteiger partial charge in [-0.25, -0.2) is 0 Å². The van der Waals surface area contributed by atoms with E-state index in [9.17, 15) is 0 Å². The van der Waals surface area contributed by atoms with Crippen LogP contribution >= 0.6 is 0 Å². The zero-order chi connectivity index (χ0) is 5.21. The Morgan fingerprint density at radius 1 is 1.33 bits per heavy atom. The summed E-state index contributed by atoms with van der Waals surface area (Å²) < 4.78 is 8.84. The van der Waals surface area contributed by atoms with Crippen LogP contribution in [0.5, 0.6) is 0 Å². The average Bonchev–Trinajstić information content (AvgIpc) is 1.35. The first-order valence-electron chi connectivity index (χ1n) is 1.97. The number of rotatable bonds is 0. The van der Waals surface area contributed by atoms with E-state index in [1.54, 1.807) is 0 Å². The Labute approximate surface area is 49.5 Å². The molecule has 0 fully saturated rings. The summed E-state index contributed by atoms with van der Waals surface area (Å²) in [5, 5.41) is 0. The molecule has 0 aromatic rings. The van der Waals surface area contributed by atoms with Crippen molar-refractivity contribution < 1.29 is 3.44 Å². The van der Waals surface area contributed by atoms with Gasteiger partial charge in [-0.05, 0) is 0 Å². The fraction of sp³-hybridized carbons (Fsp3) is 1.00. The molecule has 0 unspecified atom stereocenters. The standard InChI is InChI=1S/C4H9.H2O.Sn/c1-4(2)3;;/h1-3H3;1H2;/q;;+1/p-1. The molecule has 0 spiro atoms. The molecule has 0 aliphatic carbocycles. The molecule has 0 saturated heterocycles. The van der Waals surface area contributed by atoms with Crippen LogP contribution in [0.15, 0.2) is 0 Å². The minimum atomic E-state index is -0.976. The first-order valence-corrected chi connectivity index (χ1v) is 4.68. The van der Waals surface area contributed by atoms with Gasteiger partial charge < -0.3 is 0 Å². The molecule has 1 nitrogen and oxygen atoms in total. The predicted molar refractivity (Wildman–Crippen MR) is 27.7 cm³/mol. The van der Waals surface area contributed by atoms with E-state index in [1.165, 1.54) is 0 Å². The molecule has 0 aromatic carbocycles. The van der Waals surface area contributed by atoms with Crippen LogP contribution in [0.2, 0.25) is 3.43 Å². The van der Waals surface area contributed by atoms with Gasteiger partial charge >= 0.3 is 49.2 Å². The second-order valence-electron chi connectivity index (χ2n) is 2.36. The predicted octanol–water partition coefficient (Wildman–Crippen LogP) is 0.816. The van der Waals surface area contributed by atoms with Crippen LogP contribution in [0.25, 0.3) is 0 Å². The Morgan fingerprint density at radius 2 is 1.50 bits per heavy atom. The Bertz CT molecular complexity index is 37.3. The minimum absolute atomic E-state index is 0.267. The molecule has 0 atom stereocenters. The molecule has 36 valence electrons. The normalized spacial score (nSPS) is 12.0. The fourth-order valence-electron chi connectivity index (χ4n) is 0. The zero-order valence-corrected chi connectivity index (χ0v) is 7.30. The Kier molecular flexibility index (Phi) is 2.44. The summed E-state index contributed by atoms with van der Waals surface area (Å²) in [7, 11) is 0. The van der Waals surface area contributed by atoms with Crippen LogP contribution in [0, 0.1) is 0 Å². The summed E-state index contributed by atoms with van der Waals surface area (Å²) in [4.78, 5) is 0. The van der Waals surface area contributed by atoms with Crippen molar-refractivity contribution in [1.29, 1.82) is 0 Å². The summed E-state index contributed by atoms with van der Waals surface area (Å²) in [6.45, 7) is 6.21. The molecule has 6 heavy (non-hydrogen) atoms. The molecule has 0 heterocycles.